The van der Waals surface area contributed by atoms with Crippen LogP contribution in [0, 0.1) is 5.92 Å². The number of aliphatic hydroxyl groups excluding tert-OH is 3. The van der Waals surface area contributed by atoms with Gasteiger partial charge in [-0.25, -0.2) is 0 Å². The molecule has 6 heteroatoms. The Hall–Kier alpha value is -0.690. The maximum atomic E-state index is 10.1. The number of carboxylic acid groups (broad SMARTS) is 1. The summed E-state index contributed by atoms with van der Waals surface area (Å²) in [5.41, 5.74) is 0. The van der Waals surface area contributed by atoms with Crippen molar-refractivity contribution in [1.82, 2.24) is 4.90 Å². The maximum absolute atomic E-state index is 10.1. The number of carbonyl (C=O) groups is 1. The Bertz CT molecular complexity index is 183. The van der Waals surface area contributed by atoms with Crippen molar-refractivity contribution in [2.45, 2.75) is 25.8 Å². The molecule has 0 rings (SSSR count). The molecule has 1 unspecified atom stereocenters. The summed E-state index contributed by atoms with van der Waals surface area (Å²) in [7, 11) is 3.47. The predicted molar refractivity (Wildman–Crippen MR) is 64.8 cm³/mol. The standard InChI is InChI=1S/C6H14O3.C5H11NO2/c7-3-1-2-6(4-8)5-9;1-4(5(7)8)6(2)3/h6-9H,1-5H2;4H,1-3H3,(H,7,8). The van der Waals surface area contributed by atoms with Crippen LogP contribution in [-0.2, 0) is 4.79 Å². The van der Waals surface area contributed by atoms with Gasteiger partial charge in [-0.15, -0.1) is 0 Å². The minimum atomic E-state index is -0.782. The smallest absolute Gasteiger partial charge is 0.320 e. The van der Waals surface area contributed by atoms with Gasteiger partial charge >= 0.3 is 5.97 Å². The second-order valence-electron chi connectivity index (χ2n) is 4.07. The molecule has 0 aliphatic heterocycles. The van der Waals surface area contributed by atoms with Crippen molar-refractivity contribution in [1.29, 1.82) is 0 Å². The fourth-order valence-electron chi connectivity index (χ4n) is 0.841. The molecule has 17 heavy (non-hydrogen) atoms. The number of aliphatic carboxylic acids is 1. The van der Waals surface area contributed by atoms with E-state index in [-0.39, 0.29) is 31.8 Å². The third kappa shape index (κ3) is 11.6. The molecular weight excluding hydrogens is 226 g/mol. The van der Waals surface area contributed by atoms with Gasteiger partial charge in [-0.2, -0.15) is 0 Å². The van der Waals surface area contributed by atoms with Crippen LogP contribution < -0.4 is 0 Å². The van der Waals surface area contributed by atoms with Crippen molar-refractivity contribution in [3.05, 3.63) is 0 Å². The molecule has 0 heterocycles. The van der Waals surface area contributed by atoms with Crippen molar-refractivity contribution in [2.24, 2.45) is 5.92 Å². The Balaban J connectivity index is 0. The van der Waals surface area contributed by atoms with Gasteiger partial charge in [0, 0.05) is 25.7 Å². The molecule has 0 aliphatic carbocycles. The Kier molecular flexibility index (Phi) is 12.9. The first-order chi connectivity index (χ1) is 7.90. The van der Waals surface area contributed by atoms with Crippen LogP contribution in [0.2, 0.25) is 0 Å². The summed E-state index contributed by atoms with van der Waals surface area (Å²) >= 11 is 0. The summed E-state index contributed by atoms with van der Waals surface area (Å²) in [5.74, 6) is -0.827. The van der Waals surface area contributed by atoms with Crippen molar-refractivity contribution < 1.29 is 25.2 Å². The second kappa shape index (κ2) is 11.8. The number of aliphatic hydroxyl groups is 3. The van der Waals surface area contributed by atoms with Gasteiger partial charge in [0.05, 0.1) is 0 Å². The van der Waals surface area contributed by atoms with Gasteiger partial charge in [0.1, 0.15) is 6.04 Å². The number of nitrogens with zero attached hydrogens (tertiary/aromatic N) is 1. The van der Waals surface area contributed by atoms with Crippen LogP contribution in [-0.4, -0.2) is 71.3 Å². The van der Waals surface area contributed by atoms with E-state index in [2.05, 4.69) is 0 Å². The summed E-state index contributed by atoms with van der Waals surface area (Å²) < 4.78 is 0. The van der Waals surface area contributed by atoms with Gasteiger partial charge in [0.15, 0.2) is 0 Å². The largest absolute Gasteiger partial charge is 0.480 e. The topological polar surface area (TPSA) is 101 Å². The van der Waals surface area contributed by atoms with Crippen molar-refractivity contribution in [2.75, 3.05) is 33.9 Å². The molecule has 0 saturated heterocycles. The van der Waals surface area contributed by atoms with E-state index in [1.165, 1.54) is 0 Å². The van der Waals surface area contributed by atoms with E-state index >= 15 is 0 Å². The van der Waals surface area contributed by atoms with E-state index in [4.69, 9.17) is 20.4 Å². The lowest BCUT2D eigenvalue weighted by Crippen LogP contribution is -2.32. The van der Waals surface area contributed by atoms with Crippen LogP contribution in [0.5, 0.6) is 0 Å². The first kappa shape index (κ1) is 18.7. The zero-order chi connectivity index (χ0) is 13.8. The molecule has 0 aromatic rings. The molecule has 0 aromatic heterocycles. The quantitative estimate of drug-likeness (QED) is 0.481. The van der Waals surface area contributed by atoms with E-state index in [1.807, 2.05) is 0 Å². The third-order valence-electron chi connectivity index (χ3n) is 2.42. The van der Waals surface area contributed by atoms with Crippen LogP contribution in [0.1, 0.15) is 19.8 Å². The summed E-state index contributed by atoms with van der Waals surface area (Å²) in [6.45, 7) is 1.80. The molecule has 1 atom stereocenters. The molecule has 0 fully saturated rings. The van der Waals surface area contributed by atoms with E-state index in [0.717, 1.165) is 0 Å². The lowest BCUT2D eigenvalue weighted by atomic mass is 10.1. The van der Waals surface area contributed by atoms with E-state index in [0.29, 0.717) is 12.8 Å². The average molecular weight is 251 g/mol. The van der Waals surface area contributed by atoms with Crippen LogP contribution in [0.4, 0.5) is 0 Å². The molecule has 0 amide bonds. The van der Waals surface area contributed by atoms with Gasteiger partial charge in [-0.05, 0) is 33.9 Å². The third-order valence-corrected chi connectivity index (χ3v) is 2.42. The Morgan fingerprint density at radius 1 is 1.18 bits per heavy atom. The van der Waals surface area contributed by atoms with Crippen molar-refractivity contribution in [3.8, 4) is 0 Å². The SMILES string of the molecule is CC(C(=O)O)N(C)C.OCCCC(CO)CO. The number of hydrogen-bond acceptors (Lipinski definition) is 5. The molecule has 0 saturated carbocycles. The number of carboxylic acids is 1. The molecule has 4 N–H and O–H groups in total. The summed E-state index contributed by atoms with van der Waals surface area (Å²) in [6, 6.07) is -0.380. The first-order valence-electron chi connectivity index (χ1n) is 5.62. The second-order valence-corrected chi connectivity index (χ2v) is 4.07. The Morgan fingerprint density at radius 2 is 1.65 bits per heavy atom. The summed E-state index contributed by atoms with van der Waals surface area (Å²) in [5, 5.41) is 33.7. The lowest BCUT2D eigenvalue weighted by molar-refractivity contribution is -0.141. The zero-order valence-corrected chi connectivity index (χ0v) is 10.8. The van der Waals surface area contributed by atoms with Crippen LogP contribution >= 0.6 is 0 Å². The van der Waals surface area contributed by atoms with Crippen molar-refractivity contribution in [3.63, 3.8) is 0 Å². The molecule has 0 bridgehead atoms. The fourth-order valence-corrected chi connectivity index (χ4v) is 0.841. The summed E-state index contributed by atoms with van der Waals surface area (Å²) in [6.07, 6.45) is 1.36. The van der Waals surface area contributed by atoms with Crippen LogP contribution in [0.3, 0.4) is 0 Å². The predicted octanol–water partition coefficient (Wildman–Crippen LogP) is -0.619. The van der Waals surface area contributed by atoms with Gasteiger partial charge in [-0.3, -0.25) is 9.69 Å². The normalized spacial score (nSPS) is 12.2. The first-order valence-corrected chi connectivity index (χ1v) is 5.62. The maximum Gasteiger partial charge on any atom is 0.320 e. The highest BCUT2D eigenvalue weighted by molar-refractivity contribution is 5.72. The fraction of sp³-hybridized carbons (Fsp3) is 0.909. The number of hydrogen-bond donors (Lipinski definition) is 4. The Morgan fingerprint density at radius 3 is 1.82 bits per heavy atom. The molecular formula is C11H25NO5. The van der Waals surface area contributed by atoms with Gasteiger partial charge in [0.2, 0.25) is 0 Å². The highest BCUT2D eigenvalue weighted by Gasteiger charge is 2.11. The van der Waals surface area contributed by atoms with E-state index in [1.54, 1.807) is 25.9 Å². The summed E-state index contributed by atoms with van der Waals surface area (Å²) in [4.78, 5) is 11.7. The van der Waals surface area contributed by atoms with E-state index in [9.17, 15) is 4.79 Å². The number of rotatable bonds is 7. The minimum Gasteiger partial charge on any atom is -0.480 e. The minimum absolute atomic E-state index is 0.0104. The van der Waals surface area contributed by atoms with Crippen molar-refractivity contribution >= 4 is 5.97 Å². The number of likely N-dealkylation sites (N-methyl/N-ethyl adjacent to an activating group) is 1. The van der Waals surface area contributed by atoms with Gasteiger partial charge in [0.25, 0.3) is 0 Å². The highest BCUT2D eigenvalue weighted by Crippen LogP contribution is 2.02. The Labute approximate surface area is 102 Å². The molecule has 0 spiro atoms. The zero-order valence-electron chi connectivity index (χ0n) is 10.8. The van der Waals surface area contributed by atoms with Gasteiger partial charge in [-0.1, -0.05) is 0 Å². The molecule has 6 nitrogen and oxygen atoms in total. The van der Waals surface area contributed by atoms with Crippen LogP contribution in [0.25, 0.3) is 0 Å². The highest BCUT2D eigenvalue weighted by atomic mass is 16.4. The van der Waals surface area contributed by atoms with Crippen LogP contribution in [0.15, 0.2) is 0 Å². The monoisotopic (exact) mass is 251 g/mol. The average Bonchev–Trinajstić information content (AvgIpc) is 2.30. The lowest BCUT2D eigenvalue weighted by Gasteiger charge is -2.13. The van der Waals surface area contributed by atoms with E-state index < -0.39 is 5.97 Å². The molecule has 104 valence electrons. The molecule has 0 aliphatic rings. The van der Waals surface area contributed by atoms with Gasteiger partial charge < -0.3 is 20.4 Å². The molecule has 0 aromatic carbocycles. The molecule has 0 radical (unpaired) electrons.